The Bertz CT molecular complexity index is 1460. The molecule has 2 heterocycles. The number of aryl methyl sites for hydroxylation is 1. The van der Waals surface area contributed by atoms with Crippen molar-refractivity contribution in [3.8, 4) is 0 Å². The van der Waals surface area contributed by atoms with E-state index in [2.05, 4.69) is 29.2 Å². The highest BCUT2D eigenvalue weighted by Gasteiger charge is 2.37. The first-order chi connectivity index (χ1) is 20.3. The molecule has 2 aliphatic rings. The Balaban J connectivity index is 1.30. The van der Waals surface area contributed by atoms with Crippen LogP contribution in [0.5, 0.6) is 0 Å². The van der Waals surface area contributed by atoms with Crippen molar-refractivity contribution in [2.45, 2.75) is 46.2 Å². The van der Waals surface area contributed by atoms with Crippen LogP contribution in [0.15, 0.2) is 90.1 Å². The maximum atomic E-state index is 13.5. The summed E-state index contributed by atoms with van der Waals surface area (Å²) < 4.78 is 5.43. The highest BCUT2D eigenvalue weighted by atomic mass is 16.5. The minimum Gasteiger partial charge on any atom is -0.463 e. The molecule has 0 saturated carbocycles. The molecule has 7 nitrogen and oxygen atoms in total. The second kappa shape index (κ2) is 13.2. The normalized spacial score (nSPS) is 17.9. The molecular weight excluding hydrogens is 526 g/mol. The van der Waals surface area contributed by atoms with E-state index < -0.39 is 5.97 Å². The summed E-state index contributed by atoms with van der Waals surface area (Å²) in [5.41, 5.74) is 5.88. The van der Waals surface area contributed by atoms with Crippen molar-refractivity contribution < 1.29 is 19.1 Å². The highest BCUT2D eigenvalue weighted by Crippen LogP contribution is 2.38. The summed E-state index contributed by atoms with van der Waals surface area (Å²) in [5, 5.41) is 0. The lowest BCUT2D eigenvalue weighted by atomic mass is 9.83. The van der Waals surface area contributed by atoms with E-state index in [1.165, 1.54) is 5.56 Å². The Morgan fingerprint density at radius 1 is 0.833 bits per heavy atom. The van der Waals surface area contributed by atoms with Crippen LogP contribution in [-0.2, 0) is 27.4 Å². The summed E-state index contributed by atoms with van der Waals surface area (Å²) in [4.78, 5) is 46.0. The minimum absolute atomic E-state index is 0.0000866. The minimum atomic E-state index is -0.395. The molecule has 0 radical (unpaired) electrons. The Kier molecular flexibility index (Phi) is 9.18. The summed E-state index contributed by atoms with van der Waals surface area (Å²) in [6, 6.07) is 25.8. The number of allylic oxidation sites excluding steroid dienone is 1. The van der Waals surface area contributed by atoms with Gasteiger partial charge in [-0.1, -0.05) is 72.3 Å². The molecule has 7 heteroatoms. The number of nitrogens with zero attached hydrogens (tertiary/aromatic N) is 3. The van der Waals surface area contributed by atoms with Crippen LogP contribution in [0, 0.1) is 6.92 Å². The lowest BCUT2D eigenvalue weighted by molar-refractivity contribution is -0.140. The molecule has 1 saturated heterocycles. The Hall–Kier alpha value is -4.23. The number of benzene rings is 3. The zero-order valence-electron chi connectivity index (χ0n) is 24.7. The molecule has 42 heavy (non-hydrogen) atoms. The Morgan fingerprint density at radius 3 is 2.21 bits per heavy atom. The van der Waals surface area contributed by atoms with Gasteiger partial charge in [0.2, 0.25) is 5.91 Å². The second-order valence-electron chi connectivity index (χ2n) is 11.1. The molecule has 0 bridgehead atoms. The Labute approximate surface area is 248 Å². The van der Waals surface area contributed by atoms with Crippen molar-refractivity contribution in [1.82, 2.24) is 14.7 Å². The van der Waals surface area contributed by atoms with Crippen LogP contribution in [0.2, 0.25) is 0 Å². The van der Waals surface area contributed by atoms with Crippen LogP contribution >= 0.6 is 0 Å². The van der Waals surface area contributed by atoms with E-state index in [-0.39, 0.29) is 37.3 Å². The number of esters is 1. The van der Waals surface area contributed by atoms with Crippen LogP contribution in [0.4, 0.5) is 0 Å². The second-order valence-corrected chi connectivity index (χ2v) is 11.1. The summed E-state index contributed by atoms with van der Waals surface area (Å²) in [6.45, 7) is 10.0. The van der Waals surface area contributed by atoms with Gasteiger partial charge in [0.25, 0.3) is 5.91 Å². The van der Waals surface area contributed by atoms with Gasteiger partial charge in [-0.25, -0.2) is 4.79 Å². The lowest BCUT2D eigenvalue weighted by Crippen LogP contribution is -2.48. The van der Waals surface area contributed by atoms with Crippen LogP contribution in [-0.4, -0.2) is 65.3 Å². The van der Waals surface area contributed by atoms with Gasteiger partial charge in [-0.15, -0.1) is 0 Å². The summed E-state index contributed by atoms with van der Waals surface area (Å²) in [6.07, 6.45) is 0.181. The number of hydrogen-bond donors (Lipinski definition) is 0. The summed E-state index contributed by atoms with van der Waals surface area (Å²) >= 11 is 0. The highest BCUT2D eigenvalue weighted by molar-refractivity contribution is 5.96. The number of hydrogen-bond acceptors (Lipinski definition) is 5. The molecule has 2 aliphatic heterocycles. The number of carbonyl (C=O) groups excluding carboxylic acids is 3. The summed E-state index contributed by atoms with van der Waals surface area (Å²) in [7, 11) is 0. The molecule has 0 aromatic heterocycles. The first-order valence-electron chi connectivity index (χ1n) is 14.7. The molecule has 0 aliphatic carbocycles. The molecule has 5 rings (SSSR count). The average molecular weight is 566 g/mol. The van der Waals surface area contributed by atoms with Crippen LogP contribution < -0.4 is 0 Å². The van der Waals surface area contributed by atoms with Gasteiger partial charge in [-0.2, -0.15) is 0 Å². The zero-order valence-corrected chi connectivity index (χ0v) is 24.7. The number of amides is 2. The molecule has 1 atom stereocenters. The maximum Gasteiger partial charge on any atom is 0.336 e. The molecule has 0 N–H and O–H groups in total. The molecular formula is C35H39N3O4. The van der Waals surface area contributed by atoms with E-state index in [0.717, 1.165) is 36.3 Å². The first-order valence-corrected chi connectivity index (χ1v) is 14.7. The van der Waals surface area contributed by atoms with E-state index in [1.54, 1.807) is 11.8 Å². The smallest absolute Gasteiger partial charge is 0.336 e. The third-order valence-electron chi connectivity index (χ3n) is 8.22. The fourth-order valence-electron chi connectivity index (χ4n) is 5.88. The standard InChI is InChI=1S/C35H39N3O4/c1-4-42-35(41)33-26(3)38(32(39)22-31(33)29-15-13-25(2)14-16-29)24-28-11-8-12-30(21-28)34(40)37-19-17-36(18-20-37)23-27-9-6-5-7-10-27/h5-16,21,31H,4,17-20,22-24H2,1-3H3. The molecule has 3 aromatic rings. The van der Waals surface area contributed by atoms with Gasteiger partial charge in [0.1, 0.15) is 0 Å². The van der Waals surface area contributed by atoms with Crippen molar-refractivity contribution in [3.05, 3.63) is 118 Å². The van der Waals surface area contributed by atoms with Gasteiger partial charge in [0.15, 0.2) is 0 Å². The predicted molar refractivity (Wildman–Crippen MR) is 162 cm³/mol. The largest absolute Gasteiger partial charge is 0.463 e. The van der Waals surface area contributed by atoms with Gasteiger partial charge in [-0.05, 0) is 49.6 Å². The fraction of sp³-hybridized carbons (Fsp3) is 0.343. The zero-order chi connectivity index (χ0) is 29.6. The molecule has 1 unspecified atom stereocenters. The number of piperazine rings is 1. The Morgan fingerprint density at radius 2 is 1.52 bits per heavy atom. The molecule has 3 aromatic carbocycles. The topological polar surface area (TPSA) is 70.2 Å². The monoisotopic (exact) mass is 565 g/mol. The first kappa shape index (κ1) is 29.3. The summed E-state index contributed by atoms with van der Waals surface area (Å²) in [5.74, 6) is -0.812. The third-order valence-corrected chi connectivity index (χ3v) is 8.22. The average Bonchev–Trinajstić information content (AvgIpc) is 3.00. The van der Waals surface area contributed by atoms with Crippen LogP contribution in [0.25, 0.3) is 0 Å². The van der Waals surface area contributed by atoms with Gasteiger partial charge < -0.3 is 14.5 Å². The van der Waals surface area contributed by atoms with Crippen molar-refractivity contribution in [2.24, 2.45) is 0 Å². The van der Waals surface area contributed by atoms with Crippen molar-refractivity contribution in [3.63, 3.8) is 0 Å². The van der Waals surface area contributed by atoms with E-state index in [9.17, 15) is 14.4 Å². The van der Waals surface area contributed by atoms with Gasteiger partial charge in [-0.3, -0.25) is 14.5 Å². The van der Waals surface area contributed by atoms with E-state index in [0.29, 0.717) is 29.9 Å². The van der Waals surface area contributed by atoms with Gasteiger partial charge in [0, 0.05) is 56.3 Å². The number of ether oxygens (including phenoxy) is 1. The van der Waals surface area contributed by atoms with Crippen molar-refractivity contribution >= 4 is 17.8 Å². The van der Waals surface area contributed by atoms with Gasteiger partial charge in [0.05, 0.1) is 18.7 Å². The maximum absolute atomic E-state index is 13.5. The molecule has 2 amide bonds. The lowest BCUT2D eigenvalue weighted by Gasteiger charge is -2.35. The quantitative estimate of drug-likeness (QED) is 0.347. The predicted octanol–water partition coefficient (Wildman–Crippen LogP) is 5.31. The fourth-order valence-corrected chi connectivity index (χ4v) is 5.88. The van der Waals surface area contributed by atoms with Crippen molar-refractivity contribution in [2.75, 3.05) is 32.8 Å². The molecule has 1 fully saturated rings. The number of carbonyl (C=O) groups is 3. The van der Waals surface area contributed by atoms with E-state index in [4.69, 9.17) is 4.74 Å². The van der Waals surface area contributed by atoms with E-state index in [1.807, 2.05) is 73.3 Å². The number of rotatable bonds is 8. The van der Waals surface area contributed by atoms with Crippen LogP contribution in [0.3, 0.4) is 0 Å². The van der Waals surface area contributed by atoms with E-state index >= 15 is 0 Å². The van der Waals surface area contributed by atoms with Gasteiger partial charge >= 0.3 is 5.97 Å². The SMILES string of the molecule is CCOC(=O)C1=C(C)N(Cc2cccc(C(=O)N3CCN(Cc4ccccc4)CC3)c2)C(=O)CC1c1ccc(C)cc1. The molecule has 218 valence electrons. The third kappa shape index (κ3) is 6.63. The molecule has 0 spiro atoms. The van der Waals surface area contributed by atoms with Crippen molar-refractivity contribution in [1.29, 1.82) is 0 Å². The van der Waals surface area contributed by atoms with Crippen LogP contribution in [0.1, 0.15) is 58.8 Å².